The number of carbonyl (C=O) groups excluding carboxylic acids is 1. The molecule has 1 aliphatic carbocycles. The van der Waals surface area contributed by atoms with Crippen LogP contribution in [0.2, 0.25) is 0 Å². The molecule has 0 spiro atoms. The van der Waals surface area contributed by atoms with Crippen LogP contribution in [-0.2, 0) is 9.59 Å². The minimum atomic E-state index is -1.09. The maximum absolute atomic E-state index is 11.2. The molecule has 0 bridgehead atoms. The first-order valence-corrected chi connectivity index (χ1v) is 5.24. The van der Waals surface area contributed by atoms with Crippen molar-refractivity contribution < 1.29 is 14.7 Å². The van der Waals surface area contributed by atoms with Gasteiger partial charge in [0.2, 0.25) is 5.91 Å². The van der Waals surface area contributed by atoms with Crippen LogP contribution in [0.3, 0.4) is 0 Å². The van der Waals surface area contributed by atoms with Gasteiger partial charge in [0.1, 0.15) is 5.54 Å². The molecule has 1 aliphatic rings. The molecule has 0 saturated heterocycles. The number of nitrogens with two attached hydrogens (primary N) is 1. The number of nitrogens with one attached hydrogen (secondary N) is 1. The van der Waals surface area contributed by atoms with E-state index in [1.807, 2.05) is 6.92 Å². The SMILES string of the molecule is CC1CCCC(NC(=O)CN)(C(=O)O)C1. The Morgan fingerprint density at radius 1 is 1.60 bits per heavy atom. The molecule has 5 nitrogen and oxygen atoms in total. The van der Waals surface area contributed by atoms with Gasteiger partial charge < -0.3 is 16.2 Å². The van der Waals surface area contributed by atoms with Crippen LogP contribution in [0.1, 0.15) is 32.6 Å². The van der Waals surface area contributed by atoms with E-state index in [1.54, 1.807) is 0 Å². The van der Waals surface area contributed by atoms with Crippen LogP contribution >= 0.6 is 0 Å². The van der Waals surface area contributed by atoms with E-state index in [-0.39, 0.29) is 6.54 Å². The van der Waals surface area contributed by atoms with Gasteiger partial charge >= 0.3 is 5.97 Å². The van der Waals surface area contributed by atoms with E-state index in [4.69, 9.17) is 5.73 Å². The van der Waals surface area contributed by atoms with Crippen molar-refractivity contribution in [3.05, 3.63) is 0 Å². The van der Waals surface area contributed by atoms with Crippen LogP contribution in [0.4, 0.5) is 0 Å². The number of carbonyl (C=O) groups is 2. The lowest BCUT2D eigenvalue weighted by atomic mass is 9.76. The molecule has 0 aromatic carbocycles. The van der Waals surface area contributed by atoms with Gasteiger partial charge in [0, 0.05) is 0 Å². The van der Waals surface area contributed by atoms with Crippen LogP contribution < -0.4 is 11.1 Å². The molecular formula is C10H18N2O3. The lowest BCUT2D eigenvalue weighted by Crippen LogP contribution is -2.58. The normalized spacial score (nSPS) is 30.9. The third-order valence-electron chi connectivity index (χ3n) is 2.97. The zero-order chi connectivity index (χ0) is 11.5. The van der Waals surface area contributed by atoms with E-state index >= 15 is 0 Å². The van der Waals surface area contributed by atoms with Crippen molar-refractivity contribution in [3.63, 3.8) is 0 Å². The summed E-state index contributed by atoms with van der Waals surface area (Å²) in [6.07, 6.45) is 2.85. The van der Waals surface area contributed by atoms with Crippen molar-refractivity contribution in [1.29, 1.82) is 0 Å². The van der Waals surface area contributed by atoms with Gasteiger partial charge in [0.05, 0.1) is 6.54 Å². The van der Waals surface area contributed by atoms with Gasteiger partial charge in [0.15, 0.2) is 0 Å². The number of carboxylic acid groups (broad SMARTS) is 1. The summed E-state index contributed by atoms with van der Waals surface area (Å²) in [5.74, 6) is -1.02. The second-order valence-electron chi connectivity index (χ2n) is 4.34. The molecule has 15 heavy (non-hydrogen) atoms. The molecule has 1 rings (SSSR count). The number of aliphatic carboxylic acids is 1. The molecule has 2 atom stereocenters. The van der Waals surface area contributed by atoms with Gasteiger partial charge in [-0.25, -0.2) is 4.79 Å². The summed E-state index contributed by atoms with van der Waals surface area (Å²) >= 11 is 0. The second-order valence-corrected chi connectivity index (χ2v) is 4.34. The molecule has 1 amide bonds. The zero-order valence-electron chi connectivity index (χ0n) is 8.95. The number of amides is 1. The quantitative estimate of drug-likeness (QED) is 0.621. The van der Waals surface area contributed by atoms with Crippen LogP contribution in [-0.4, -0.2) is 29.1 Å². The van der Waals surface area contributed by atoms with Crippen LogP contribution in [0.15, 0.2) is 0 Å². The van der Waals surface area contributed by atoms with E-state index in [0.717, 1.165) is 12.8 Å². The predicted octanol–water partition coefficient (Wildman–Crippen LogP) is 0.0948. The molecule has 5 heteroatoms. The summed E-state index contributed by atoms with van der Waals surface area (Å²) < 4.78 is 0. The molecule has 0 aliphatic heterocycles. The summed E-state index contributed by atoms with van der Waals surface area (Å²) in [4.78, 5) is 22.4. The third-order valence-corrected chi connectivity index (χ3v) is 2.97. The smallest absolute Gasteiger partial charge is 0.329 e. The highest BCUT2D eigenvalue weighted by Crippen LogP contribution is 2.32. The topological polar surface area (TPSA) is 92.4 Å². The molecule has 4 N–H and O–H groups in total. The summed E-state index contributed by atoms with van der Waals surface area (Å²) in [7, 11) is 0. The van der Waals surface area contributed by atoms with Crippen LogP contribution in [0.25, 0.3) is 0 Å². The summed E-state index contributed by atoms with van der Waals surface area (Å²) in [5.41, 5.74) is 4.09. The summed E-state index contributed by atoms with van der Waals surface area (Å²) in [5, 5.41) is 11.7. The Morgan fingerprint density at radius 2 is 2.27 bits per heavy atom. The monoisotopic (exact) mass is 214 g/mol. The molecule has 1 saturated carbocycles. The number of hydrogen-bond acceptors (Lipinski definition) is 3. The minimum absolute atomic E-state index is 0.163. The van der Waals surface area contributed by atoms with E-state index < -0.39 is 17.4 Å². The fraction of sp³-hybridized carbons (Fsp3) is 0.800. The third kappa shape index (κ3) is 2.68. The van der Waals surface area contributed by atoms with E-state index in [9.17, 15) is 14.7 Å². The summed E-state index contributed by atoms with van der Waals surface area (Å²) in [6.45, 7) is 1.84. The average molecular weight is 214 g/mol. The van der Waals surface area contributed by atoms with Crippen molar-refractivity contribution in [2.45, 2.75) is 38.1 Å². The van der Waals surface area contributed by atoms with Gasteiger partial charge in [-0.1, -0.05) is 19.8 Å². The highest BCUT2D eigenvalue weighted by molar-refractivity contribution is 5.87. The molecule has 0 radical (unpaired) electrons. The minimum Gasteiger partial charge on any atom is -0.480 e. The van der Waals surface area contributed by atoms with Crippen LogP contribution in [0.5, 0.6) is 0 Å². The van der Waals surface area contributed by atoms with Gasteiger partial charge in [-0.15, -0.1) is 0 Å². The maximum Gasteiger partial charge on any atom is 0.329 e. The van der Waals surface area contributed by atoms with Crippen molar-refractivity contribution in [2.24, 2.45) is 11.7 Å². The highest BCUT2D eigenvalue weighted by atomic mass is 16.4. The van der Waals surface area contributed by atoms with E-state index in [1.165, 1.54) is 0 Å². The number of hydrogen-bond donors (Lipinski definition) is 3. The Bertz CT molecular complexity index is 267. The van der Waals surface area contributed by atoms with Crippen molar-refractivity contribution in [2.75, 3.05) is 6.54 Å². The molecule has 86 valence electrons. The lowest BCUT2D eigenvalue weighted by Gasteiger charge is -2.36. The highest BCUT2D eigenvalue weighted by Gasteiger charge is 2.42. The first-order chi connectivity index (χ1) is 7.00. The molecule has 0 aromatic heterocycles. The van der Waals surface area contributed by atoms with Crippen LogP contribution in [0, 0.1) is 5.92 Å². The Labute approximate surface area is 89.0 Å². The fourth-order valence-electron chi connectivity index (χ4n) is 2.23. The van der Waals surface area contributed by atoms with E-state index in [0.29, 0.717) is 18.8 Å². The van der Waals surface area contributed by atoms with Gasteiger partial charge in [-0.05, 0) is 18.8 Å². The van der Waals surface area contributed by atoms with Gasteiger partial charge in [-0.3, -0.25) is 4.79 Å². The predicted molar refractivity (Wildman–Crippen MR) is 55.2 cm³/mol. The lowest BCUT2D eigenvalue weighted by molar-refractivity contribution is -0.149. The molecule has 2 unspecified atom stereocenters. The van der Waals surface area contributed by atoms with Crippen molar-refractivity contribution in [3.8, 4) is 0 Å². The molecule has 0 heterocycles. The van der Waals surface area contributed by atoms with Crippen molar-refractivity contribution >= 4 is 11.9 Å². The Morgan fingerprint density at radius 3 is 2.73 bits per heavy atom. The van der Waals surface area contributed by atoms with Crippen molar-refractivity contribution in [1.82, 2.24) is 5.32 Å². The van der Waals surface area contributed by atoms with Gasteiger partial charge in [-0.2, -0.15) is 0 Å². The molecule has 0 aromatic rings. The largest absolute Gasteiger partial charge is 0.480 e. The Kier molecular flexibility index (Phi) is 3.68. The molecular weight excluding hydrogens is 196 g/mol. The first kappa shape index (κ1) is 12.0. The average Bonchev–Trinajstić information content (AvgIpc) is 2.17. The Hall–Kier alpha value is -1.10. The Balaban J connectivity index is 2.78. The fourth-order valence-corrected chi connectivity index (χ4v) is 2.23. The molecule has 1 fully saturated rings. The summed E-state index contributed by atoms with van der Waals surface area (Å²) in [6, 6.07) is 0. The van der Waals surface area contributed by atoms with Gasteiger partial charge in [0.25, 0.3) is 0 Å². The number of carboxylic acids is 1. The zero-order valence-corrected chi connectivity index (χ0v) is 8.95. The standard InChI is InChI=1S/C10H18N2O3/c1-7-3-2-4-10(5-7,9(14)15)12-8(13)6-11/h7H,2-6,11H2,1H3,(H,12,13)(H,14,15). The first-order valence-electron chi connectivity index (χ1n) is 5.24. The number of rotatable bonds is 3. The second kappa shape index (κ2) is 4.61. The maximum atomic E-state index is 11.2. The van der Waals surface area contributed by atoms with E-state index in [2.05, 4.69) is 5.32 Å².